The van der Waals surface area contributed by atoms with E-state index in [4.69, 9.17) is 11.6 Å². The molecule has 0 unspecified atom stereocenters. The number of halogens is 1. The molecule has 1 aromatic rings. The standard InChI is InChI=1S/C18H22ClN3O2/c19-13-5-6-15-12(9-13)10-16(20-15)18(24)21-7-8-22(17(23)11-21)14-3-1-2-4-14/h5-6,9,14,16,20H,1-4,7-8,10-11H2/t16-/m1/s1. The number of hydrogen-bond acceptors (Lipinski definition) is 3. The van der Waals surface area contributed by atoms with E-state index in [1.165, 1.54) is 12.8 Å². The van der Waals surface area contributed by atoms with Crippen LogP contribution in [0, 0.1) is 0 Å². The van der Waals surface area contributed by atoms with Crippen molar-refractivity contribution in [2.45, 2.75) is 44.2 Å². The summed E-state index contributed by atoms with van der Waals surface area (Å²) in [5.41, 5.74) is 2.03. The van der Waals surface area contributed by atoms with Crippen LogP contribution in [0.15, 0.2) is 18.2 Å². The van der Waals surface area contributed by atoms with Crippen LogP contribution in [0.25, 0.3) is 0 Å². The molecular weight excluding hydrogens is 326 g/mol. The van der Waals surface area contributed by atoms with Crippen molar-refractivity contribution in [3.8, 4) is 0 Å². The van der Waals surface area contributed by atoms with Gasteiger partial charge in [-0.15, -0.1) is 0 Å². The first-order valence-electron chi connectivity index (χ1n) is 8.75. The van der Waals surface area contributed by atoms with Gasteiger partial charge < -0.3 is 15.1 Å². The molecule has 0 spiro atoms. The van der Waals surface area contributed by atoms with E-state index in [-0.39, 0.29) is 24.4 Å². The van der Waals surface area contributed by atoms with Gasteiger partial charge in [0.2, 0.25) is 11.8 Å². The van der Waals surface area contributed by atoms with Gasteiger partial charge in [-0.3, -0.25) is 9.59 Å². The topological polar surface area (TPSA) is 52.7 Å². The molecule has 0 radical (unpaired) electrons. The lowest BCUT2D eigenvalue weighted by Gasteiger charge is -2.38. The molecule has 1 saturated heterocycles. The highest BCUT2D eigenvalue weighted by Crippen LogP contribution is 2.30. The van der Waals surface area contributed by atoms with Crippen LogP contribution in [0.2, 0.25) is 5.02 Å². The lowest BCUT2D eigenvalue weighted by Crippen LogP contribution is -2.57. The minimum Gasteiger partial charge on any atom is -0.373 e. The van der Waals surface area contributed by atoms with E-state index in [1.54, 1.807) is 4.90 Å². The Morgan fingerprint density at radius 2 is 2.00 bits per heavy atom. The third-order valence-electron chi connectivity index (χ3n) is 5.45. The van der Waals surface area contributed by atoms with Crippen LogP contribution in [0.3, 0.4) is 0 Å². The molecule has 24 heavy (non-hydrogen) atoms. The van der Waals surface area contributed by atoms with Gasteiger partial charge in [0.25, 0.3) is 0 Å². The average molecular weight is 348 g/mol. The Balaban J connectivity index is 1.39. The van der Waals surface area contributed by atoms with Gasteiger partial charge in [-0.2, -0.15) is 0 Å². The number of rotatable bonds is 2. The number of hydrogen-bond donors (Lipinski definition) is 1. The third kappa shape index (κ3) is 2.86. The lowest BCUT2D eigenvalue weighted by molar-refractivity contribution is -0.147. The first-order chi connectivity index (χ1) is 11.6. The number of anilines is 1. The molecule has 1 aliphatic carbocycles. The molecule has 0 bridgehead atoms. The van der Waals surface area contributed by atoms with Crippen molar-refractivity contribution >= 4 is 29.1 Å². The van der Waals surface area contributed by atoms with Gasteiger partial charge in [0.1, 0.15) is 6.04 Å². The fourth-order valence-corrected chi connectivity index (χ4v) is 4.37. The Hall–Kier alpha value is -1.75. The summed E-state index contributed by atoms with van der Waals surface area (Å²) in [5, 5.41) is 3.95. The minimum absolute atomic E-state index is 0.0155. The molecule has 1 aromatic carbocycles. The molecule has 0 aromatic heterocycles. The number of benzene rings is 1. The summed E-state index contributed by atoms with van der Waals surface area (Å²) in [5.74, 6) is 0.113. The summed E-state index contributed by atoms with van der Waals surface area (Å²) in [6.45, 7) is 1.52. The number of fused-ring (bicyclic) bond motifs is 1. The van der Waals surface area contributed by atoms with Gasteiger partial charge in [-0.25, -0.2) is 0 Å². The third-order valence-corrected chi connectivity index (χ3v) is 5.69. The maximum Gasteiger partial charge on any atom is 0.245 e. The van der Waals surface area contributed by atoms with Gasteiger partial charge >= 0.3 is 0 Å². The number of carbonyl (C=O) groups is 2. The van der Waals surface area contributed by atoms with Crippen LogP contribution < -0.4 is 5.32 Å². The van der Waals surface area contributed by atoms with Crippen molar-refractivity contribution in [3.05, 3.63) is 28.8 Å². The maximum absolute atomic E-state index is 12.8. The molecule has 1 atom stereocenters. The van der Waals surface area contributed by atoms with Crippen LogP contribution in [0.1, 0.15) is 31.2 Å². The van der Waals surface area contributed by atoms with Crippen LogP contribution in [0.5, 0.6) is 0 Å². The first-order valence-corrected chi connectivity index (χ1v) is 9.13. The predicted molar refractivity (Wildman–Crippen MR) is 93.1 cm³/mol. The molecule has 2 aliphatic heterocycles. The van der Waals surface area contributed by atoms with Crippen molar-refractivity contribution in [1.29, 1.82) is 0 Å². The fraction of sp³-hybridized carbons (Fsp3) is 0.556. The quantitative estimate of drug-likeness (QED) is 0.893. The largest absolute Gasteiger partial charge is 0.373 e. The van der Waals surface area contributed by atoms with E-state index in [9.17, 15) is 9.59 Å². The Morgan fingerprint density at radius 1 is 1.21 bits per heavy atom. The molecular formula is C18H22ClN3O2. The SMILES string of the molecule is O=C([C@H]1Cc2cc(Cl)ccc2N1)N1CCN(C2CCCC2)C(=O)C1. The van der Waals surface area contributed by atoms with Crippen molar-refractivity contribution in [1.82, 2.24) is 9.80 Å². The summed E-state index contributed by atoms with van der Waals surface area (Å²) in [6, 6.07) is 5.74. The summed E-state index contributed by atoms with van der Waals surface area (Å²) in [4.78, 5) is 29.0. The van der Waals surface area contributed by atoms with Crippen LogP contribution in [-0.2, 0) is 16.0 Å². The number of nitrogens with zero attached hydrogens (tertiary/aromatic N) is 2. The molecule has 2 heterocycles. The van der Waals surface area contributed by atoms with Gasteiger partial charge in [-0.05, 0) is 36.6 Å². The van der Waals surface area contributed by atoms with Gasteiger partial charge in [-0.1, -0.05) is 24.4 Å². The van der Waals surface area contributed by atoms with Gasteiger partial charge in [0.15, 0.2) is 0 Å². The molecule has 4 rings (SSSR count). The molecule has 1 saturated carbocycles. The lowest BCUT2D eigenvalue weighted by atomic mass is 10.1. The highest BCUT2D eigenvalue weighted by atomic mass is 35.5. The molecule has 6 heteroatoms. The Morgan fingerprint density at radius 3 is 2.75 bits per heavy atom. The predicted octanol–water partition coefficient (Wildman–Crippen LogP) is 2.29. The Bertz CT molecular complexity index is 672. The van der Waals surface area contributed by atoms with E-state index in [2.05, 4.69) is 5.32 Å². The number of carbonyl (C=O) groups excluding carboxylic acids is 2. The number of amides is 2. The normalized spacial score (nSPS) is 24.2. The minimum atomic E-state index is -0.288. The van der Waals surface area contributed by atoms with Crippen molar-refractivity contribution < 1.29 is 9.59 Å². The molecule has 2 fully saturated rings. The van der Waals surface area contributed by atoms with E-state index in [0.717, 1.165) is 24.1 Å². The highest BCUT2D eigenvalue weighted by Gasteiger charge is 2.36. The monoisotopic (exact) mass is 347 g/mol. The van der Waals surface area contributed by atoms with Crippen LogP contribution >= 0.6 is 11.6 Å². The van der Waals surface area contributed by atoms with E-state index < -0.39 is 0 Å². The molecule has 5 nitrogen and oxygen atoms in total. The van der Waals surface area contributed by atoms with Crippen LogP contribution in [-0.4, -0.2) is 53.3 Å². The first kappa shape index (κ1) is 15.8. The Labute approximate surface area is 146 Å². The summed E-state index contributed by atoms with van der Waals surface area (Å²) in [6.07, 6.45) is 5.28. The van der Waals surface area contributed by atoms with Crippen molar-refractivity contribution in [2.24, 2.45) is 0 Å². The summed E-state index contributed by atoms with van der Waals surface area (Å²) in [7, 11) is 0. The summed E-state index contributed by atoms with van der Waals surface area (Å²) < 4.78 is 0. The zero-order chi connectivity index (χ0) is 16.7. The van der Waals surface area contributed by atoms with E-state index >= 15 is 0 Å². The fourth-order valence-electron chi connectivity index (χ4n) is 4.18. The zero-order valence-electron chi connectivity index (χ0n) is 13.6. The van der Waals surface area contributed by atoms with Crippen molar-refractivity contribution in [3.63, 3.8) is 0 Å². The molecule has 1 N–H and O–H groups in total. The number of piperazine rings is 1. The van der Waals surface area contributed by atoms with Gasteiger partial charge in [0, 0.05) is 36.3 Å². The van der Waals surface area contributed by atoms with E-state index in [0.29, 0.717) is 30.6 Å². The number of nitrogens with one attached hydrogen (secondary N) is 1. The van der Waals surface area contributed by atoms with Gasteiger partial charge in [0.05, 0.1) is 6.54 Å². The Kier molecular flexibility index (Phi) is 4.12. The summed E-state index contributed by atoms with van der Waals surface area (Å²) >= 11 is 6.02. The molecule has 128 valence electrons. The average Bonchev–Trinajstić information content (AvgIpc) is 3.22. The molecule has 3 aliphatic rings. The van der Waals surface area contributed by atoms with Crippen molar-refractivity contribution in [2.75, 3.05) is 25.0 Å². The second-order valence-corrected chi connectivity index (χ2v) is 7.42. The van der Waals surface area contributed by atoms with E-state index in [1.807, 2.05) is 23.1 Å². The maximum atomic E-state index is 12.8. The second kappa shape index (κ2) is 6.28. The van der Waals surface area contributed by atoms with Crippen LogP contribution in [0.4, 0.5) is 5.69 Å². The highest BCUT2D eigenvalue weighted by molar-refractivity contribution is 6.30. The second-order valence-electron chi connectivity index (χ2n) is 6.99. The smallest absolute Gasteiger partial charge is 0.245 e. The molecule has 2 amide bonds. The zero-order valence-corrected chi connectivity index (χ0v) is 14.4.